The van der Waals surface area contributed by atoms with Crippen molar-refractivity contribution in [2.45, 2.75) is 6.54 Å². The molecule has 4 aromatic rings. The molecule has 0 unspecified atom stereocenters. The van der Waals surface area contributed by atoms with E-state index in [1.807, 2.05) is 54.6 Å². The minimum atomic E-state index is -0.226. The molecule has 0 fully saturated rings. The van der Waals surface area contributed by atoms with E-state index >= 15 is 0 Å². The van der Waals surface area contributed by atoms with Crippen molar-refractivity contribution in [3.8, 4) is 11.1 Å². The number of para-hydroxylation sites is 1. The van der Waals surface area contributed by atoms with E-state index in [4.69, 9.17) is 5.73 Å². The Kier molecular flexibility index (Phi) is 2.80. The lowest BCUT2D eigenvalue weighted by Gasteiger charge is -2.09. The van der Waals surface area contributed by atoms with Crippen LogP contribution in [0, 0.1) is 0 Å². The Morgan fingerprint density at radius 1 is 1.09 bits per heavy atom. The van der Waals surface area contributed by atoms with Crippen LogP contribution in [0.4, 0.5) is 0 Å². The number of nitrogens with zero attached hydrogens (tertiary/aromatic N) is 2. The second-order valence-corrected chi connectivity index (χ2v) is 5.20. The predicted octanol–water partition coefficient (Wildman–Crippen LogP) is 2.30. The summed E-state index contributed by atoms with van der Waals surface area (Å²) in [7, 11) is 0. The molecule has 3 N–H and O–H groups in total. The maximum atomic E-state index is 12.0. The average molecular weight is 290 g/mol. The largest absolute Gasteiger partial charge is 0.348 e. The van der Waals surface area contributed by atoms with Crippen LogP contribution in [0.1, 0.15) is 5.56 Å². The van der Waals surface area contributed by atoms with E-state index in [1.165, 1.54) is 0 Å². The first-order valence-corrected chi connectivity index (χ1v) is 7.06. The zero-order valence-corrected chi connectivity index (χ0v) is 11.8. The van der Waals surface area contributed by atoms with E-state index < -0.39 is 0 Å². The fourth-order valence-corrected chi connectivity index (χ4v) is 2.80. The summed E-state index contributed by atoms with van der Waals surface area (Å²) in [6, 6.07) is 17.9. The molecule has 0 aliphatic rings. The zero-order chi connectivity index (χ0) is 15.1. The van der Waals surface area contributed by atoms with Gasteiger partial charge in [0.2, 0.25) is 0 Å². The summed E-state index contributed by atoms with van der Waals surface area (Å²) in [6.07, 6.45) is 0. The molecule has 0 aliphatic carbocycles. The molecule has 0 spiro atoms. The molecule has 0 radical (unpaired) electrons. The maximum Gasteiger partial charge on any atom is 0.348 e. The first-order chi connectivity index (χ1) is 10.8. The lowest BCUT2D eigenvalue weighted by molar-refractivity contribution is 1.04. The van der Waals surface area contributed by atoms with Gasteiger partial charge in [0.15, 0.2) is 5.65 Å². The molecule has 0 amide bonds. The van der Waals surface area contributed by atoms with Gasteiger partial charge in [-0.25, -0.2) is 14.3 Å². The number of benzene rings is 2. The molecule has 2 aromatic carbocycles. The molecular weight excluding hydrogens is 276 g/mol. The van der Waals surface area contributed by atoms with Crippen LogP contribution in [0.2, 0.25) is 0 Å². The normalized spacial score (nSPS) is 11.3. The fraction of sp³-hybridized carbons (Fsp3) is 0.0588. The molecule has 0 saturated heterocycles. The minimum absolute atomic E-state index is 0.226. The summed E-state index contributed by atoms with van der Waals surface area (Å²) in [5, 5.41) is 7.61. The highest BCUT2D eigenvalue weighted by Crippen LogP contribution is 2.29. The Labute approximate surface area is 126 Å². The number of pyridine rings is 1. The second kappa shape index (κ2) is 4.82. The first-order valence-electron chi connectivity index (χ1n) is 7.06. The molecule has 5 heteroatoms. The van der Waals surface area contributed by atoms with Crippen LogP contribution in [0.25, 0.3) is 27.7 Å². The van der Waals surface area contributed by atoms with Crippen LogP contribution < -0.4 is 11.4 Å². The lowest BCUT2D eigenvalue weighted by Crippen LogP contribution is -2.10. The summed E-state index contributed by atoms with van der Waals surface area (Å²) in [5.41, 5.74) is 10.1. The van der Waals surface area contributed by atoms with E-state index in [0.29, 0.717) is 12.2 Å². The van der Waals surface area contributed by atoms with E-state index in [-0.39, 0.29) is 5.69 Å². The van der Waals surface area contributed by atoms with Gasteiger partial charge in [0.05, 0.1) is 5.52 Å². The summed E-state index contributed by atoms with van der Waals surface area (Å²) in [5.74, 6) is 0. The molecule has 0 atom stereocenters. The van der Waals surface area contributed by atoms with Gasteiger partial charge < -0.3 is 5.73 Å². The van der Waals surface area contributed by atoms with Crippen molar-refractivity contribution >= 4 is 16.6 Å². The average Bonchev–Trinajstić information content (AvgIpc) is 2.95. The molecule has 2 heterocycles. The Hall–Kier alpha value is -2.92. The van der Waals surface area contributed by atoms with Gasteiger partial charge in [-0.3, -0.25) is 0 Å². The van der Waals surface area contributed by atoms with E-state index in [0.717, 1.165) is 27.6 Å². The van der Waals surface area contributed by atoms with Crippen molar-refractivity contribution in [3.05, 3.63) is 70.6 Å². The highest BCUT2D eigenvalue weighted by atomic mass is 16.1. The van der Waals surface area contributed by atoms with Gasteiger partial charge in [0, 0.05) is 11.9 Å². The SMILES string of the molecule is NCc1ccc(-c2cc3n[nH]c(=O)n3c3ccccc23)cc1. The number of aromatic amines is 1. The van der Waals surface area contributed by atoms with Crippen LogP contribution in [-0.4, -0.2) is 14.6 Å². The van der Waals surface area contributed by atoms with Crippen molar-refractivity contribution in [3.63, 3.8) is 0 Å². The maximum absolute atomic E-state index is 12.0. The van der Waals surface area contributed by atoms with Crippen molar-refractivity contribution in [2.24, 2.45) is 5.73 Å². The van der Waals surface area contributed by atoms with Crippen LogP contribution in [-0.2, 0) is 6.54 Å². The smallest absolute Gasteiger partial charge is 0.326 e. The number of nitrogens with one attached hydrogen (secondary N) is 1. The molecule has 0 saturated carbocycles. The number of aromatic nitrogens is 3. The number of rotatable bonds is 2. The standard InChI is InChI=1S/C17H14N4O/c18-10-11-5-7-12(8-6-11)14-9-16-19-20-17(22)21(16)15-4-2-1-3-13(14)15/h1-9H,10,18H2,(H,20,22). The summed E-state index contributed by atoms with van der Waals surface area (Å²) >= 11 is 0. The Balaban J connectivity index is 2.09. The van der Waals surface area contributed by atoms with Crippen molar-refractivity contribution in [2.75, 3.05) is 0 Å². The molecule has 4 rings (SSSR count). The minimum Gasteiger partial charge on any atom is -0.326 e. The van der Waals surface area contributed by atoms with Crippen LogP contribution in [0.3, 0.4) is 0 Å². The monoisotopic (exact) mass is 290 g/mol. The number of fused-ring (bicyclic) bond motifs is 3. The molecule has 5 nitrogen and oxygen atoms in total. The van der Waals surface area contributed by atoms with E-state index in [9.17, 15) is 4.79 Å². The Morgan fingerprint density at radius 2 is 1.86 bits per heavy atom. The predicted molar refractivity (Wildman–Crippen MR) is 86.6 cm³/mol. The van der Waals surface area contributed by atoms with Crippen molar-refractivity contribution in [1.82, 2.24) is 14.6 Å². The van der Waals surface area contributed by atoms with E-state index in [1.54, 1.807) is 4.40 Å². The van der Waals surface area contributed by atoms with E-state index in [2.05, 4.69) is 10.2 Å². The van der Waals surface area contributed by atoms with Crippen LogP contribution in [0.15, 0.2) is 59.4 Å². The molecule has 2 aromatic heterocycles. The highest BCUT2D eigenvalue weighted by molar-refractivity contribution is 5.97. The molecular formula is C17H14N4O. The number of hydrogen-bond donors (Lipinski definition) is 2. The molecule has 22 heavy (non-hydrogen) atoms. The summed E-state index contributed by atoms with van der Waals surface area (Å²) in [4.78, 5) is 12.0. The molecule has 0 aliphatic heterocycles. The van der Waals surface area contributed by atoms with Gasteiger partial charge in [0.1, 0.15) is 0 Å². The molecule has 108 valence electrons. The number of hydrogen-bond acceptors (Lipinski definition) is 3. The Morgan fingerprint density at radius 3 is 2.64 bits per heavy atom. The third kappa shape index (κ3) is 1.83. The number of H-pyrrole nitrogens is 1. The topological polar surface area (TPSA) is 76.2 Å². The third-order valence-electron chi connectivity index (χ3n) is 3.91. The fourth-order valence-electron chi connectivity index (χ4n) is 2.80. The van der Waals surface area contributed by atoms with Gasteiger partial charge in [0.25, 0.3) is 0 Å². The van der Waals surface area contributed by atoms with Crippen LogP contribution >= 0.6 is 0 Å². The van der Waals surface area contributed by atoms with Gasteiger partial charge in [-0.05, 0) is 28.8 Å². The van der Waals surface area contributed by atoms with Gasteiger partial charge in [-0.15, -0.1) is 0 Å². The quantitative estimate of drug-likeness (QED) is 0.594. The molecule has 0 bridgehead atoms. The first kappa shape index (κ1) is 12.8. The summed E-state index contributed by atoms with van der Waals surface area (Å²) < 4.78 is 1.59. The van der Waals surface area contributed by atoms with Crippen molar-refractivity contribution in [1.29, 1.82) is 0 Å². The van der Waals surface area contributed by atoms with Gasteiger partial charge in [-0.1, -0.05) is 42.5 Å². The van der Waals surface area contributed by atoms with Crippen molar-refractivity contribution < 1.29 is 0 Å². The highest BCUT2D eigenvalue weighted by Gasteiger charge is 2.11. The lowest BCUT2D eigenvalue weighted by atomic mass is 10.00. The van der Waals surface area contributed by atoms with Gasteiger partial charge in [-0.2, -0.15) is 5.10 Å². The number of nitrogens with two attached hydrogens (primary N) is 1. The van der Waals surface area contributed by atoms with Crippen LogP contribution in [0.5, 0.6) is 0 Å². The summed E-state index contributed by atoms with van der Waals surface area (Å²) in [6.45, 7) is 0.523. The Bertz CT molecular complexity index is 1030. The zero-order valence-electron chi connectivity index (χ0n) is 11.8. The third-order valence-corrected chi connectivity index (χ3v) is 3.91. The van der Waals surface area contributed by atoms with Gasteiger partial charge >= 0.3 is 5.69 Å². The second-order valence-electron chi connectivity index (χ2n) is 5.20.